The first-order chi connectivity index (χ1) is 16.3. The average molecular weight is 450 g/mol. The minimum absolute atomic E-state index is 0.0194. The van der Waals surface area contributed by atoms with Gasteiger partial charge in [-0.05, 0) is 43.5 Å². The summed E-state index contributed by atoms with van der Waals surface area (Å²) in [7, 11) is 0. The molecule has 2 saturated heterocycles. The number of anilines is 1. The molecule has 0 aliphatic carbocycles. The summed E-state index contributed by atoms with van der Waals surface area (Å²) in [4.78, 5) is 26.1. The van der Waals surface area contributed by atoms with Gasteiger partial charge < -0.3 is 23.8 Å². The first kappa shape index (κ1) is 21.4. The Hall–Kier alpha value is -3.46. The number of benzene rings is 1. The second-order valence-corrected chi connectivity index (χ2v) is 8.16. The van der Waals surface area contributed by atoms with Gasteiger partial charge in [0.05, 0.1) is 13.2 Å². The summed E-state index contributed by atoms with van der Waals surface area (Å²) in [6.07, 6.45) is 4.49. The number of pyridine rings is 1. The highest BCUT2D eigenvalue weighted by molar-refractivity contribution is 5.78. The van der Waals surface area contributed by atoms with Crippen molar-refractivity contribution in [2.24, 2.45) is 0 Å². The molecule has 9 nitrogen and oxygen atoms in total. The fourth-order valence-electron chi connectivity index (χ4n) is 4.22. The van der Waals surface area contributed by atoms with Crippen molar-refractivity contribution in [3.8, 4) is 17.1 Å². The van der Waals surface area contributed by atoms with Gasteiger partial charge in [0.1, 0.15) is 17.6 Å². The molecule has 2 aliphatic heterocycles. The number of amides is 1. The lowest BCUT2D eigenvalue weighted by Gasteiger charge is -2.33. The molecule has 1 atom stereocenters. The third-order valence-corrected chi connectivity index (χ3v) is 6.00. The lowest BCUT2D eigenvalue weighted by atomic mass is 10.0. The van der Waals surface area contributed by atoms with Crippen LogP contribution in [-0.2, 0) is 9.53 Å². The number of ether oxygens (including phenoxy) is 2. The van der Waals surface area contributed by atoms with Crippen LogP contribution in [0.5, 0.6) is 5.75 Å². The summed E-state index contributed by atoms with van der Waals surface area (Å²) >= 11 is 0. The number of carbonyl (C=O) groups is 1. The maximum absolute atomic E-state index is 12.9. The largest absolute Gasteiger partial charge is 0.484 e. The fraction of sp³-hybridized carbons (Fsp3) is 0.417. The standard InChI is InChI=1S/C24H27N5O4/c30-22(17-32-19-6-2-1-3-7-19)29-11-5-4-8-20(29)24-26-23(27-33-24)18-9-10-21(25-16-18)28-12-14-31-15-13-28/h1-3,6-7,9-10,16,20H,4-5,8,11-15,17H2/t20-/m0/s1. The maximum Gasteiger partial charge on any atom is 0.261 e. The molecular formula is C24H27N5O4. The minimum atomic E-state index is -0.243. The molecular weight excluding hydrogens is 422 g/mol. The first-order valence-corrected chi connectivity index (χ1v) is 11.4. The van der Waals surface area contributed by atoms with E-state index in [0.29, 0.717) is 37.2 Å². The molecule has 0 unspecified atom stereocenters. The third kappa shape index (κ3) is 4.98. The van der Waals surface area contributed by atoms with Gasteiger partial charge in [-0.25, -0.2) is 4.98 Å². The van der Waals surface area contributed by atoms with Crippen LogP contribution in [-0.4, -0.2) is 65.4 Å². The Kier molecular flexibility index (Phi) is 6.48. The van der Waals surface area contributed by atoms with Crippen molar-refractivity contribution in [2.75, 3.05) is 44.4 Å². The van der Waals surface area contributed by atoms with E-state index in [0.717, 1.165) is 43.7 Å². The number of hydrogen-bond donors (Lipinski definition) is 0. The Balaban J connectivity index is 1.26. The number of carbonyl (C=O) groups excluding carboxylic acids is 1. The zero-order chi connectivity index (χ0) is 22.5. The van der Waals surface area contributed by atoms with Crippen molar-refractivity contribution in [2.45, 2.75) is 25.3 Å². The van der Waals surface area contributed by atoms with Crippen LogP contribution in [0.15, 0.2) is 53.2 Å². The second-order valence-electron chi connectivity index (χ2n) is 8.16. The number of hydrogen-bond acceptors (Lipinski definition) is 8. The van der Waals surface area contributed by atoms with Crippen molar-refractivity contribution >= 4 is 11.7 Å². The Bertz CT molecular complexity index is 1050. The molecule has 0 saturated carbocycles. The maximum atomic E-state index is 12.9. The van der Waals surface area contributed by atoms with E-state index in [9.17, 15) is 4.79 Å². The zero-order valence-electron chi connectivity index (χ0n) is 18.4. The van der Waals surface area contributed by atoms with Crippen LogP contribution in [0.1, 0.15) is 31.2 Å². The third-order valence-electron chi connectivity index (χ3n) is 6.00. The number of para-hydroxylation sites is 1. The van der Waals surface area contributed by atoms with E-state index in [-0.39, 0.29) is 18.6 Å². The highest BCUT2D eigenvalue weighted by Crippen LogP contribution is 2.31. The van der Waals surface area contributed by atoms with Gasteiger partial charge in [0, 0.05) is 31.4 Å². The number of likely N-dealkylation sites (tertiary alicyclic amines) is 1. The summed E-state index contributed by atoms with van der Waals surface area (Å²) < 4.78 is 16.7. The van der Waals surface area contributed by atoms with Crippen molar-refractivity contribution in [1.29, 1.82) is 0 Å². The van der Waals surface area contributed by atoms with E-state index in [2.05, 4.69) is 20.0 Å². The van der Waals surface area contributed by atoms with Crippen LogP contribution in [0.3, 0.4) is 0 Å². The summed E-state index contributed by atoms with van der Waals surface area (Å²) in [5, 5.41) is 4.16. The highest BCUT2D eigenvalue weighted by Gasteiger charge is 2.32. The molecule has 33 heavy (non-hydrogen) atoms. The first-order valence-electron chi connectivity index (χ1n) is 11.4. The molecule has 1 amide bonds. The van der Waals surface area contributed by atoms with Gasteiger partial charge in [0.2, 0.25) is 11.7 Å². The Morgan fingerprint density at radius 2 is 1.91 bits per heavy atom. The van der Waals surface area contributed by atoms with Gasteiger partial charge in [0.25, 0.3) is 5.91 Å². The summed E-state index contributed by atoms with van der Waals surface area (Å²) in [6.45, 7) is 3.72. The molecule has 1 aromatic carbocycles. The smallest absolute Gasteiger partial charge is 0.261 e. The zero-order valence-corrected chi connectivity index (χ0v) is 18.4. The van der Waals surface area contributed by atoms with E-state index in [1.807, 2.05) is 42.5 Å². The lowest BCUT2D eigenvalue weighted by molar-refractivity contribution is -0.138. The van der Waals surface area contributed by atoms with Crippen LogP contribution in [0.25, 0.3) is 11.4 Å². The Morgan fingerprint density at radius 3 is 2.70 bits per heavy atom. The quantitative estimate of drug-likeness (QED) is 0.567. The van der Waals surface area contributed by atoms with Gasteiger partial charge >= 0.3 is 0 Å². The van der Waals surface area contributed by atoms with E-state index < -0.39 is 0 Å². The van der Waals surface area contributed by atoms with Crippen molar-refractivity contribution in [3.63, 3.8) is 0 Å². The Labute approximate surface area is 192 Å². The van der Waals surface area contributed by atoms with Crippen LogP contribution < -0.4 is 9.64 Å². The van der Waals surface area contributed by atoms with Gasteiger partial charge in [-0.3, -0.25) is 4.79 Å². The summed E-state index contributed by atoms with van der Waals surface area (Å²) in [6, 6.07) is 13.0. The molecule has 2 fully saturated rings. The van der Waals surface area contributed by atoms with Gasteiger partial charge in [0.15, 0.2) is 6.61 Å². The topological polar surface area (TPSA) is 93.8 Å². The normalized spacial score (nSPS) is 18.8. The summed E-state index contributed by atoms with van der Waals surface area (Å²) in [5.74, 6) is 2.43. The molecule has 4 heterocycles. The Morgan fingerprint density at radius 1 is 1.06 bits per heavy atom. The number of morpholine rings is 1. The molecule has 0 radical (unpaired) electrons. The van der Waals surface area contributed by atoms with Gasteiger partial charge in [-0.2, -0.15) is 4.98 Å². The van der Waals surface area contributed by atoms with E-state index in [1.54, 1.807) is 11.1 Å². The van der Waals surface area contributed by atoms with Gasteiger partial charge in [-0.1, -0.05) is 23.4 Å². The summed E-state index contributed by atoms with van der Waals surface area (Å²) in [5.41, 5.74) is 0.781. The molecule has 2 aliphatic rings. The van der Waals surface area contributed by atoms with Gasteiger partial charge in [-0.15, -0.1) is 0 Å². The van der Waals surface area contributed by atoms with Crippen molar-refractivity contribution in [3.05, 3.63) is 54.6 Å². The predicted molar refractivity (Wildman–Crippen MR) is 121 cm³/mol. The SMILES string of the molecule is O=C(COc1ccccc1)N1CCCC[C@H]1c1nc(-c2ccc(N3CCOCC3)nc2)no1. The van der Waals surface area contributed by atoms with E-state index in [4.69, 9.17) is 14.0 Å². The number of aromatic nitrogens is 3. The van der Waals surface area contributed by atoms with Crippen LogP contribution >= 0.6 is 0 Å². The monoisotopic (exact) mass is 449 g/mol. The van der Waals surface area contributed by atoms with Crippen LogP contribution in [0, 0.1) is 0 Å². The molecule has 9 heteroatoms. The molecule has 5 rings (SSSR count). The average Bonchev–Trinajstić information content (AvgIpc) is 3.39. The lowest BCUT2D eigenvalue weighted by Crippen LogP contribution is -2.41. The molecule has 2 aromatic heterocycles. The molecule has 0 N–H and O–H groups in total. The van der Waals surface area contributed by atoms with Crippen LogP contribution in [0.2, 0.25) is 0 Å². The second kappa shape index (κ2) is 9.99. The molecule has 172 valence electrons. The molecule has 0 spiro atoms. The minimum Gasteiger partial charge on any atom is -0.484 e. The van der Waals surface area contributed by atoms with Crippen LogP contribution in [0.4, 0.5) is 5.82 Å². The number of rotatable bonds is 6. The highest BCUT2D eigenvalue weighted by atomic mass is 16.5. The van der Waals surface area contributed by atoms with E-state index in [1.165, 1.54) is 0 Å². The number of nitrogens with zero attached hydrogens (tertiary/aromatic N) is 5. The van der Waals surface area contributed by atoms with E-state index >= 15 is 0 Å². The van der Waals surface area contributed by atoms with Crippen molar-refractivity contribution < 1.29 is 18.8 Å². The molecule has 0 bridgehead atoms. The number of piperidine rings is 1. The fourth-order valence-corrected chi connectivity index (χ4v) is 4.22. The molecule has 3 aromatic rings. The van der Waals surface area contributed by atoms with Crippen molar-refractivity contribution in [1.82, 2.24) is 20.0 Å². The predicted octanol–water partition coefficient (Wildman–Crippen LogP) is 3.10.